The molecular formula is C21H21FN4O2S. The highest BCUT2D eigenvalue weighted by Crippen LogP contribution is 2.23. The van der Waals surface area contributed by atoms with Gasteiger partial charge in [0.1, 0.15) is 11.5 Å². The lowest BCUT2D eigenvalue weighted by Gasteiger charge is -2.18. The molecule has 6 nitrogen and oxygen atoms in total. The molecule has 3 rings (SSSR count). The van der Waals surface area contributed by atoms with Gasteiger partial charge in [0.2, 0.25) is 5.91 Å². The number of imidazole rings is 1. The van der Waals surface area contributed by atoms with Crippen molar-refractivity contribution in [2.24, 2.45) is 0 Å². The van der Waals surface area contributed by atoms with Gasteiger partial charge in [-0.15, -0.1) is 0 Å². The maximum absolute atomic E-state index is 13.3. The molecule has 150 valence electrons. The van der Waals surface area contributed by atoms with Crippen LogP contribution < -0.4 is 5.32 Å². The minimum atomic E-state index is -0.364. The molecule has 0 unspecified atom stereocenters. The third kappa shape index (κ3) is 4.83. The summed E-state index contributed by atoms with van der Waals surface area (Å²) in [5.74, 6) is -1.03. The monoisotopic (exact) mass is 412 g/mol. The minimum Gasteiger partial charge on any atom is -0.331 e. The van der Waals surface area contributed by atoms with E-state index in [4.69, 9.17) is 0 Å². The first kappa shape index (κ1) is 20.6. The Morgan fingerprint density at radius 2 is 1.79 bits per heavy atom. The molecule has 0 bridgehead atoms. The highest BCUT2D eigenvalue weighted by Gasteiger charge is 2.22. The van der Waals surface area contributed by atoms with Gasteiger partial charge in [-0.2, -0.15) is 0 Å². The van der Waals surface area contributed by atoms with Gasteiger partial charge in [0.25, 0.3) is 5.91 Å². The summed E-state index contributed by atoms with van der Waals surface area (Å²) in [5.41, 5.74) is 2.68. The van der Waals surface area contributed by atoms with Crippen LogP contribution in [-0.2, 0) is 4.79 Å². The second kappa shape index (κ2) is 8.91. The van der Waals surface area contributed by atoms with Gasteiger partial charge in [0, 0.05) is 18.4 Å². The number of halogens is 1. The molecular weight excluding hydrogens is 391 g/mol. The highest BCUT2D eigenvalue weighted by atomic mass is 32.2. The lowest BCUT2D eigenvalue weighted by Crippen LogP contribution is -2.35. The van der Waals surface area contributed by atoms with Crippen LogP contribution in [0.2, 0.25) is 0 Å². The van der Waals surface area contributed by atoms with Crippen LogP contribution in [-0.4, -0.2) is 46.1 Å². The zero-order chi connectivity index (χ0) is 21.0. The van der Waals surface area contributed by atoms with Crippen molar-refractivity contribution in [1.29, 1.82) is 0 Å². The average molecular weight is 412 g/mol. The number of thioether (sulfide) groups is 1. The van der Waals surface area contributed by atoms with Gasteiger partial charge in [-0.25, -0.2) is 9.37 Å². The number of anilines is 1. The first-order valence-corrected chi connectivity index (χ1v) is 10.1. The number of aryl methyl sites for hydroxylation is 1. The molecule has 1 aromatic heterocycles. The van der Waals surface area contributed by atoms with Crippen LogP contribution in [0.1, 0.15) is 16.1 Å². The van der Waals surface area contributed by atoms with Gasteiger partial charge in [-0.05, 0) is 49.6 Å². The summed E-state index contributed by atoms with van der Waals surface area (Å²) < 4.78 is 14.9. The van der Waals surface area contributed by atoms with Crippen LogP contribution >= 0.6 is 11.8 Å². The molecule has 2 amide bonds. The van der Waals surface area contributed by atoms with Gasteiger partial charge in [0.05, 0.1) is 12.7 Å². The second-order valence-electron chi connectivity index (χ2n) is 6.52. The molecule has 1 N–H and O–H groups in total. The van der Waals surface area contributed by atoms with E-state index in [1.807, 2.05) is 37.4 Å². The topological polar surface area (TPSA) is 67.2 Å². The quantitative estimate of drug-likeness (QED) is 0.626. The Labute approximate surface area is 172 Å². The number of hydrogen-bond donors (Lipinski definition) is 1. The first-order valence-electron chi connectivity index (χ1n) is 8.88. The molecule has 0 saturated heterocycles. The summed E-state index contributed by atoms with van der Waals surface area (Å²) in [5, 5.41) is 3.37. The van der Waals surface area contributed by atoms with E-state index >= 15 is 0 Å². The summed E-state index contributed by atoms with van der Waals surface area (Å²) in [4.78, 5) is 30.9. The van der Waals surface area contributed by atoms with E-state index in [1.165, 1.54) is 35.0 Å². The summed E-state index contributed by atoms with van der Waals surface area (Å²) in [7, 11) is 1.55. The molecule has 0 saturated carbocycles. The fourth-order valence-corrected chi connectivity index (χ4v) is 3.33. The smallest absolute Gasteiger partial charge is 0.272 e. The van der Waals surface area contributed by atoms with E-state index in [1.54, 1.807) is 23.7 Å². The molecule has 29 heavy (non-hydrogen) atoms. The van der Waals surface area contributed by atoms with E-state index in [2.05, 4.69) is 10.3 Å². The van der Waals surface area contributed by atoms with E-state index in [0.717, 1.165) is 5.56 Å². The lowest BCUT2D eigenvalue weighted by atomic mass is 10.2. The zero-order valence-corrected chi connectivity index (χ0v) is 17.2. The van der Waals surface area contributed by atoms with Gasteiger partial charge in [0.15, 0.2) is 5.16 Å². The van der Waals surface area contributed by atoms with Crippen LogP contribution in [0, 0.1) is 12.7 Å². The Balaban J connectivity index is 1.77. The SMILES string of the molecule is CSc1ncc(C(=O)N(C)CC(=O)Nc2ccc(C)cc2)n1-c1ccc(F)cc1. The number of hydrogen-bond acceptors (Lipinski definition) is 4. The third-order valence-corrected chi connectivity index (χ3v) is 4.93. The molecule has 3 aromatic rings. The van der Waals surface area contributed by atoms with E-state index in [0.29, 0.717) is 22.2 Å². The standard InChI is InChI=1S/C21H21FN4O2S/c1-14-4-8-16(9-5-14)24-19(27)13-25(2)20(28)18-12-23-21(29-3)26(18)17-10-6-15(22)7-11-17/h4-12H,13H2,1-3H3,(H,24,27). The Kier molecular flexibility index (Phi) is 6.33. The molecule has 0 aliphatic carbocycles. The molecule has 8 heteroatoms. The number of aromatic nitrogens is 2. The van der Waals surface area contributed by atoms with Gasteiger partial charge >= 0.3 is 0 Å². The average Bonchev–Trinajstić information content (AvgIpc) is 3.13. The minimum absolute atomic E-state index is 0.115. The molecule has 2 aromatic carbocycles. The highest BCUT2D eigenvalue weighted by molar-refractivity contribution is 7.98. The number of likely N-dealkylation sites (N-methyl/N-ethyl adjacent to an activating group) is 1. The molecule has 0 aliphatic heterocycles. The molecule has 0 fully saturated rings. The predicted molar refractivity (Wildman–Crippen MR) is 112 cm³/mol. The van der Waals surface area contributed by atoms with Crippen molar-refractivity contribution in [2.75, 3.05) is 25.2 Å². The summed E-state index contributed by atoms with van der Waals surface area (Å²) in [6.45, 7) is 1.85. The van der Waals surface area contributed by atoms with Crippen molar-refractivity contribution in [1.82, 2.24) is 14.5 Å². The summed E-state index contributed by atoms with van der Waals surface area (Å²) in [6.07, 6.45) is 3.31. The van der Waals surface area contributed by atoms with E-state index in [9.17, 15) is 14.0 Å². The van der Waals surface area contributed by atoms with Crippen LogP contribution in [0.5, 0.6) is 0 Å². The third-order valence-electron chi connectivity index (χ3n) is 4.28. The fourth-order valence-electron chi connectivity index (χ4n) is 2.79. The Hall–Kier alpha value is -3.13. The number of amides is 2. The molecule has 0 radical (unpaired) electrons. The van der Waals surface area contributed by atoms with Crippen molar-refractivity contribution < 1.29 is 14.0 Å². The largest absolute Gasteiger partial charge is 0.331 e. The maximum Gasteiger partial charge on any atom is 0.272 e. The Morgan fingerprint density at radius 3 is 2.41 bits per heavy atom. The van der Waals surface area contributed by atoms with Gasteiger partial charge < -0.3 is 10.2 Å². The van der Waals surface area contributed by atoms with Crippen LogP contribution in [0.3, 0.4) is 0 Å². The number of benzene rings is 2. The van der Waals surface area contributed by atoms with Crippen molar-refractivity contribution in [3.05, 3.63) is 71.8 Å². The molecule has 0 spiro atoms. The normalized spacial score (nSPS) is 10.6. The number of rotatable bonds is 6. The Morgan fingerprint density at radius 1 is 1.14 bits per heavy atom. The van der Waals surface area contributed by atoms with E-state index in [-0.39, 0.29) is 24.2 Å². The number of carbonyl (C=O) groups is 2. The van der Waals surface area contributed by atoms with Crippen LogP contribution in [0.25, 0.3) is 5.69 Å². The van der Waals surface area contributed by atoms with Crippen molar-refractivity contribution in [3.63, 3.8) is 0 Å². The lowest BCUT2D eigenvalue weighted by molar-refractivity contribution is -0.116. The summed E-state index contributed by atoms with van der Waals surface area (Å²) in [6, 6.07) is 13.2. The second-order valence-corrected chi connectivity index (χ2v) is 7.29. The van der Waals surface area contributed by atoms with Gasteiger partial charge in [-0.3, -0.25) is 14.2 Å². The number of nitrogens with one attached hydrogen (secondary N) is 1. The zero-order valence-electron chi connectivity index (χ0n) is 16.3. The first-order chi connectivity index (χ1) is 13.9. The van der Waals surface area contributed by atoms with E-state index < -0.39 is 0 Å². The molecule has 0 aliphatic rings. The van der Waals surface area contributed by atoms with Crippen molar-refractivity contribution >= 4 is 29.3 Å². The predicted octanol–water partition coefficient (Wildman–Crippen LogP) is 3.75. The molecule has 1 heterocycles. The van der Waals surface area contributed by atoms with Crippen LogP contribution in [0.15, 0.2) is 59.9 Å². The fraction of sp³-hybridized carbons (Fsp3) is 0.190. The van der Waals surface area contributed by atoms with Crippen molar-refractivity contribution in [3.8, 4) is 5.69 Å². The number of nitrogens with zero attached hydrogens (tertiary/aromatic N) is 3. The summed E-state index contributed by atoms with van der Waals surface area (Å²) >= 11 is 1.37. The van der Waals surface area contributed by atoms with Crippen molar-refractivity contribution in [2.45, 2.75) is 12.1 Å². The van der Waals surface area contributed by atoms with Gasteiger partial charge in [-0.1, -0.05) is 29.5 Å². The molecule has 0 atom stereocenters. The van der Waals surface area contributed by atoms with Crippen LogP contribution in [0.4, 0.5) is 10.1 Å². The maximum atomic E-state index is 13.3. The number of carbonyl (C=O) groups excluding carboxylic acids is 2. The Bertz CT molecular complexity index is 1020.